The summed E-state index contributed by atoms with van der Waals surface area (Å²) >= 11 is 0. The van der Waals surface area contributed by atoms with Crippen molar-refractivity contribution in [1.82, 2.24) is 0 Å². The highest BCUT2D eigenvalue weighted by molar-refractivity contribution is 5.63. The summed E-state index contributed by atoms with van der Waals surface area (Å²) in [5.74, 6) is 1.72. The summed E-state index contributed by atoms with van der Waals surface area (Å²) in [5.41, 5.74) is 4.17. The standard InChI is InChI=1S/C19H22/c1-15-7-9-17(10-8-15)19-13-11-18(12-14-19)16-5-3-2-4-6-16/h2-6,11-15,17H,7-10H2,1H3. The first-order valence-electron chi connectivity index (χ1n) is 7.48. The molecule has 0 N–H and O–H groups in total. The molecule has 0 radical (unpaired) electrons. The Morgan fingerprint density at radius 2 is 1.26 bits per heavy atom. The van der Waals surface area contributed by atoms with Crippen LogP contribution in [0.5, 0.6) is 0 Å². The summed E-state index contributed by atoms with van der Waals surface area (Å²) in [6.45, 7) is 2.38. The fourth-order valence-electron chi connectivity index (χ4n) is 3.17. The molecule has 0 bridgehead atoms. The van der Waals surface area contributed by atoms with Crippen molar-refractivity contribution in [3.8, 4) is 11.1 Å². The lowest BCUT2D eigenvalue weighted by Crippen LogP contribution is -2.10. The predicted octanol–water partition coefficient (Wildman–Crippen LogP) is 5.65. The lowest BCUT2D eigenvalue weighted by Gasteiger charge is -2.26. The normalized spacial score (nSPS) is 23.2. The van der Waals surface area contributed by atoms with Crippen LogP contribution < -0.4 is 0 Å². The molecular weight excluding hydrogens is 228 g/mol. The van der Waals surface area contributed by atoms with Gasteiger partial charge < -0.3 is 0 Å². The molecule has 19 heavy (non-hydrogen) atoms. The van der Waals surface area contributed by atoms with Crippen LogP contribution in [0.3, 0.4) is 0 Å². The van der Waals surface area contributed by atoms with Crippen LogP contribution in [0.15, 0.2) is 54.6 Å². The molecule has 0 atom stereocenters. The fourth-order valence-corrected chi connectivity index (χ4v) is 3.17. The largest absolute Gasteiger partial charge is 0.0625 e. The third-order valence-electron chi connectivity index (χ3n) is 4.51. The molecule has 98 valence electrons. The molecule has 0 heteroatoms. The maximum absolute atomic E-state index is 2.38. The Balaban J connectivity index is 1.76. The SMILES string of the molecule is CC1CCC(c2ccc(-c3ccccc3)cc2)CC1. The first-order valence-corrected chi connectivity index (χ1v) is 7.48. The van der Waals surface area contributed by atoms with Crippen LogP contribution in [-0.2, 0) is 0 Å². The predicted molar refractivity (Wildman–Crippen MR) is 82.3 cm³/mol. The van der Waals surface area contributed by atoms with Gasteiger partial charge >= 0.3 is 0 Å². The van der Waals surface area contributed by atoms with Gasteiger partial charge in [-0.05, 0) is 41.4 Å². The Labute approximate surface area is 116 Å². The van der Waals surface area contributed by atoms with Gasteiger partial charge in [-0.15, -0.1) is 0 Å². The first-order chi connectivity index (χ1) is 9.33. The molecular formula is C19H22. The van der Waals surface area contributed by atoms with Gasteiger partial charge in [-0.25, -0.2) is 0 Å². The maximum Gasteiger partial charge on any atom is -0.0162 e. The third-order valence-corrected chi connectivity index (χ3v) is 4.51. The Hall–Kier alpha value is -1.56. The highest BCUT2D eigenvalue weighted by Crippen LogP contribution is 2.36. The van der Waals surface area contributed by atoms with Crippen molar-refractivity contribution in [1.29, 1.82) is 0 Å². The molecule has 0 saturated heterocycles. The number of rotatable bonds is 2. The summed E-state index contributed by atoms with van der Waals surface area (Å²) < 4.78 is 0. The maximum atomic E-state index is 2.38. The summed E-state index contributed by atoms with van der Waals surface area (Å²) in [5, 5.41) is 0. The molecule has 0 amide bonds. The summed E-state index contributed by atoms with van der Waals surface area (Å²) in [4.78, 5) is 0. The smallest absolute Gasteiger partial charge is 0.0162 e. The van der Waals surface area contributed by atoms with Gasteiger partial charge in [-0.3, -0.25) is 0 Å². The molecule has 1 fully saturated rings. The summed E-state index contributed by atoms with van der Waals surface area (Å²) in [7, 11) is 0. The van der Waals surface area contributed by atoms with E-state index in [4.69, 9.17) is 0 Å². The Bertz CT molecular complexity index is 501. The average molecular weight is 250 g/mol. The Morgan fingerprint density at radius 1 is 0.684 bits per heavy atom. The lowest BCUT2D eigenvalue weighted by molar-refractivity contribution is 0.348. The van der Waals surface area contributed by atoms with E-state index in [2.05, 4.69) is 61.5 Å². The zero-order valence-electron chi connectivity index (χ0n) is 11.7. The second-order valence-corrected chi connectivity index (χ2v) is 5.94. The minimum atomic E-state index is 0.793. The molecule has 0 heterocycles. The Kier molecular flexibility index (Phi) is 3.68. The average Bonchev–Trinajstić information content (AvgIpc) is 2.49. The van der Waals surface area contributed by atoms with Gasteiger partial charge in [0, 0.05) is 0 Å². The van der Waals surface area contributed by atoms with E-state index in [1.54, 1.807) is 0 Å². The molecule has 2 aromatic rings. The monoisotopic (exact) mass is 250 g/mol. The van der Waals surface area contributed by atoms with E-state index in [1.807, 2.05) is 0 Å². The molecule has 0 aromatic heterocycles. The van der Waals surface area contributed by atoms with E-state index in [-0.39, 0.29) is 0 Å². The van der Waals surface area contributed by atoms with Crippen molar-refractivity contribution in [2.24, 2.45) is 5.92 Å². The van der Waals surface area contributed by atoms with Crippen LogP contribution in [0.2, 0.25) is 0 Å². The van der Waals surface area contributed by atoms with Gasteiger partial charge in [-0.1, -0.05) is 74.4 Å². The molecule has 1 aliphatic rings. The van der Waals surface area contributed by atoms with Crippen molar-refractivity contribution in [3.63, 3.8) is 0 Å². The summed E-state index contributed by atoms with van der Waals surface area (Å²) in [6, 6.07) is 19.9. The van der Waals surface area contributed by atoms with E-state index in [0.29, 0.717) is 0 Å². The molecule has 1 saturated carbocycles. The fraction of sp³-hybridized carbons (Fsp3) is 0.368. The van der Waals surface area contributed by atoms with Crippen LogP contribution in [0.1, 0.15) is 44.1 Å². The minimum absolute atomic E-state index is 0.793. The number of benzene rings is 2. The van der Waals surface area contributed by atoms with E-state index >= 15 is 0 Å². The van der Waals surface area contributed by atoms with Gasteiger partial charge in [0.15, 0.2) is 0 Å². The highest BCUT2D eigenvalue weighted by atomic mass is 14.2. The van der Waals surface area contributed by atoms with Gasteiger partial charge in [0.2, 0.25) is 0 Å². The van der Waals surface area contributed by atoms with Gasteiger partial charge in [0.05, 0.1) is 0 Å². The van der Waals surface area contributed by atoms with E-state index in [0.717, 1.165) is 11.8 Å². The second kappa shape index (κ2) is 5.61. The topological polar surface area (TPSA) is 0 Å². The molecule has 1 aliphatic carbocycles. The first kappa shape index (κ1) is 12.5. The highest BCUT2D eigenvalue weighted by Gasteiger charge is 2.19. The van der Waals surface area contributed by atoms with E-state index in [1.165, 1.54) is 42.4 Å². The molecule has 0 nitrogen and oxygen atoms in total. The lowest BCUT2D eigenvalue weighted by atomic mass is 9.79. The minimum Gasteiger partial charge on any atom is -0.0625 e. The zero-order valence-corrected chi connectivity index (χ0v) is 11.7. The van der Waals surface area contributed by atoms with E-state index < -0.39 is 0 Å². The van der Waals surface area contributed by atoms with Gasteiger partial charge in [0.1, 0.15) is 0 Å². The van der Waals surface area contributed by atoms with Crippen molar-refractivity contribution in [2.75, 3.05) is 0 Å². The second-order valence-electron chi connectivity index (χ2n) is 5.94. The van der Waals surface area contributed by atoms with E-state index in [9.17, 15) is 0 Å². The summed E-state index contributed by atoms with van der Waals surface area (Å²) in [6.07, 6.45) is 5.52. The molecule has 0 spiro atoms. The van der Waals surface area contributed by atoms with Crippen molar-refractivity contribution in [2.45, 2.75) is 38.5 Å². The van der Waals surface area contributed by atoms with Gasteiger partial charge in [0.25, 0.3) is 0 Å². The van der Waals surface area contributed by atoms with Crippen molar-refractivity contribution < 1.29 is 0 Å². The van der Waals surface area contributed by atoms with Crippen LogP contribution in [0.4, 0.5) is 0 Å². The van der Waals surface area contributed by atoms with Crippen molar-refractivity contribution >= 4 is 0 Å². The number of hydrogen-bond donors (Lipinski definition) is 0. The molecule has 2 aromatic carbocycles. The van der Waals surface area contributed by atoms with Crippen LogP contribution in [-0.4, -0.2) is 0 Å². The quantitative estimate of drug-likeness (QED) is 0.646. The van der Waals surface area contributed by atoms with Crippen LogP contribution in [0.25, 0.3) is 11.1 Å². The molecule has 0 unspecified atom stereocenters. The molecule has 0 aliphatic heterocycles. The van der Waals surface area contributed by atoms with Crippen molar-refractivity contribution in [3.05, 3.63) is 60.2 Å². The molecule has 3 rings (SSSR count). The van der Waals surface area contributed by atoms with Crippen LogP contribution in [0, 0.1) is 5.92 Å². The van der Waals surface area contributed by atoms with Gasteiger partial charge in [-0.2, -0.15) is 0 Å². The van der Waals surface area contributed by atoms with Crippen LogP contribution >= 0.6 is 0 Å². The Morgan fingerprint density at radius 3 is 1.89 bits per heavy atom. The zero-order chi connectivity index (χ0) is 13.1. The third kappa shape index (κ3) is 2.89. The number of hydrogen-bond acceptors (Lipinski definition) is 0.